The average molecular weight is 248 g/mol. The lowest BCUT2D eigenvalue weighted by atomic mass is 10.3. The van der Waals surface area contributed by atoms with Gasteiger partial charge in [0.25, 0.3) is 0 Å². The van der Waals surface area contributed by atoms with E-state index in [2.05, 4.69) is 69.9 Å². The molecule has 0 aliphatic rings. The summed E-state index contributed by atoms with van der Waals surface area (Å²) in [5, 5.41) is 3.31. The molecule has 0 radical (unpaired) electrons. The number of rotatable bonds is 6. The Balaban J connectivity index is 0. The third kappa shape index (κ3) is 16.5. The molecule has 0 amide bonds. The lowest BCUT2D eigenvalue weighted by molar-refractivity contribution is 0.518. The summed E-state index contributed by atoms with van der Waals surface area (Å²) >= 11 is 0. The molecule has 4 heteroatoms. The van der Waals surface area contributed by atoms with Crippen molar-refractivity contribution in [1.29, 1.82) is 0 Å². The van der Waals surface area contributed by atoms with E-state index >= 15 is 0 Å². The first-order valence-corrected chi connectivity index (χ1v) is 9.51. The molecular weight excluding hydrogens is 214 g/mol. The van der Waals surface area contributed by atoms with Gasteiger partial charge in [-0.3, -0.25) is 0 Å². The highest BCUT2D eigenvalue weighted by atomic mass is 28.3. The van der Waals surface area contributed by atoms with E-state index in [-0.39, 0.29) is 0 Å². The van der Waals surface area contributed by atoms with Crippen LogP contribution in [0.2, 0.25) is 13.1 Å². The van der Waals surface area contributed by atoms with Crippen LogP contribution < -0.4 is 15.3 Å². The SMILES string of the molecule is CC(C)NC(C)C.CCN[Si](C)(C)NCC. The third-order valence-electron chi connectivity index (χ3n) is 1.90. The van der Waals surface area contributed by atoms with Crippen molar-refractivity contribution >= 4 is 8.40 Å². The Bertz CT molecular complexity index is 133. The maximum atomic E-state index is 3.45. The fourth-order valence-electron chi connectivity index (χ4n) is 1.61. The minimum Gasteiger partial charge on any atom is -0.326 e. The highest BCUT2D eigenvalue weighted by molar-refractivity contribution is 6.72. The minimum absolute atomic E-state index is 0.625. The molecule has 16 heavy (non-hydrogen) atoms. The van der Waals surface area contributed by atoms with Gasteiger partial charge in [0, 0.05) is 12.1 Å². The van der Waals surface area contributed by atoms with Crippen LogP contribution in [-0.4, -0.2) is 33.6 Å². The maximum Gasteiger partial charge on any atom is 0.195 e. The molecule has 0 aromatic rings. The van der Waals surface area contributed by atoms with Gasteiger partial charge in [-0.2, -0.15) is 0 Å². The largest absolute Gasteiger partial charge is 0.326 e. The Hall–Kier alpha value is 0.0969. The zero-order chi connectivity index (χ0) is 13.2. The summed E-state index contributed by atoms with van der Waals surface area (Å²) in [7, 11) is -1.20. The van der Waals surface area contributed by atoms with Crippen LogP contribution in [0.5, 0.6) is 0 Å². The van der Waals surface area contributed by atoms with Crippen molar-refractivity contribution < 1.29 is 0 Å². The standard InChI is InChI=1S/C6H18N2Si.C6H15N/c1-5-7-9(3,4)8-6-2;1-5(2)7-6(3)4/h7-8H,5-6H2,1-4H3;5-7H,1-4H3. The second-order valence-electron chi connectivity index (χ2n) is 5.16. The van der Waals surface area contributed by atoms with E-state index in [1.54, 1.807) is 0 Å². The molecule has 0 rings (SSSR count). The van der Waals surface area contributed by atoms with Crippen LogP contribution in [0.15, 0.2) is 0 Å². The molecule has 3 N–H and O–H groups in total. The molecule has 0 atom stereocenters. The molecule has 100 valence electrons. The summed E-state index contributed by atoms with van der Waals surface area (Å²) in [6.07, 6.45) is 0. The summed E-state index contributed by atoms with van der Waals surface area (Å²) in [5.41, 5.74) is 0. The van der Waals surface area contributed by atoms with E-state index in [4.69, 9.17) is 0 Å². The van der Waals surface area contributed by atoms with Crippen molar-refractivity contribution in [3.8, 4) is 0 Å². The van der Waals surface area contributed by atoms with E-state index in [1.807, 2.05) is 0 Å². The smallest absolute Gasteiger partial charge is 0.195 e. The summed E-state index contributed by atoms with van der Waals surface area (Å²) in [5.74, 6) is 0. The molecule has 0 aromatic carbocycles. The van der Waals surface area contributed by atoms with E-state index in [0.717, 1.165) is 13.1 Å². The molecule has 0 fully saturated rings. The maximum absolute atomic E-state index is 3.45. The zero-order valence-corrected chi connectivity index (χ0v) is 13.6. The first kappa shape index (κ1) is 18.5. The molecule has 0 saturated carbocycles. The van der Waals surface area contributed by atoms with Gasteiger partial charge in [-0.25, -0.2) is 0 Å². The van der Waals surface area contributed by atoms with Gasteiger partial charge in [0.05, 0.1) is 0 Å². The number of hydrogen-bond donors (Lipinski definition) is 3. The molecule has 0 unspecified atom stereocenters. The second-order valence-corrected chi connectivity index (χ2v) is 9.12. The van der Waals surface area contributed by atoms with Crippen molar-refractivity contribution in [2.24, 2.45) is 0 Å². The van der Waals surface area contributed by atoms with Crippen LogP contribution in [0.1, 0.15) is 41.5 Å². The Morgan fingerprint density at radius 2 is 1.12 bits per heavy atom. The van der Waals surface area contributed by atoms with Crippen LogP contribution in [0.4, 0.5) is 0 Å². The van der Waals surface area contributed by atoms with Gasteiger partial charge in [-0.15, -0.1) is 0 Å². The highest BCUT2D eigenvalue weighted by Crippen LogP contribution is 1.88. The fourth-order valence-corrected chi connectivity index (χ4v) is 3.51. The van der Waals surface area contributed by atoms with Gasteiger partial charge in [0.2, 0.25) is 0 Å². The van der Waals surface area contributed by atoms with Crippen LogP contribution in [0.3, 0.4) is 0 Å². The minimum atomic E-state index is -1.20. The Labute approximate surface area is 104 Å². The lowest BCUT2D eigenvalue weighted by Gasteiger charge is -2.22. The fraction of sp³-hybridized carbons (Fsp3) is 1.00. The Kier molecular flexibility index (Phi) is 11.8. The predicted octanol–water partition coefficient (Wildman–Crippen LogP) is 2.30. The van der Waals surface area contributed by atoms with Gasteiger partial charge in [-0.05, 0) is 26.2 Å². The number of hydrogen-bond acceptors (Lipinski definition) is 3. The van der Waals surface area contributed by atoms with E-state index in [9.17, 15) is 0 Å². The summed E-state index contributed by atoms with van der Waals surface area (Å²) in [4.78, 5) is 6.90. The van der Waals surface area contributed by atoms with Crippen molar-refractivity contribution in [1.82, 2.24) is 15.3 Å². The van der Waals surface area contributed by atoms with Gasteiger partial charge < -0.3 is 15.3 Å². The summed E-state index contributed by atoms with van der Waals surface area (Å²) in [6, 6.07) is 1.25. The van der Waals surface area contributed by atoms with Crippen LogP contribution in [0, 0.1) is 0 Å². The first-order chi connectivity index (χ1) is 7.25. The first-order valence-electron chi connectivity index (χ1n) is 6.51. The van der Waals surface area contributed by atoms with Crippen LogP contribution >= 0.6 is 0 Å². The normalized spacial score (nSPS) is 11.6. The molecule has 0 spiro atoms. The lowest BCUT2D eigenvalue weighted by Crippen LogP contribution is -2.57. The Morgan fingerprint density at radius 1 is 0.812 bits per heavy atom. The molecular formula is C12H33N3Si. The summed E-state index contributed by atoms with van der Waals surface area (Å²) in [6.45, 7) is 19.6. The van der Waals surface area contributed by atoms with Crippen molar-refractivity contribution in [3.05, 3.63) is 0 Å². The average Bonchev–Trinajstić information content (AvgIpc) is 2.01. The van der Waals surface area contributed by atoms with E-state index in [0.29, 0.717) is 12.1 Å². The van der Waals surface area contributed by atoms with Crippen LogP contribution in [0.25, 0.3) is 0 Å². The Morgan fingerprint density at radius 3 is 1.25 bits per heavy atom. The molecule has 0 aliphatic heterocycles. The molecule has 3 nitrogen and oxygen atoms in total. The van der Waals surface area contributed by atoms with Gasteiger partial charge in [0.1, 0.15) is 0 Å². The molecule has 0 aliphatic carbocycles. The van der Waals surface area contributed by atoms with Gasteiger partial charge >= 0.3 is 0 Å². The van der Waals surface area contributed by atoms with Crippen molar-refractivity contribution in [2.45, 2.75) is 66.7 Å². The quantitative estimate of drug-likeness (QED) is 0.630. The molecule has 0 aromatic heterocycles. The van der Waals surface area contributed by atoms with Crippen LogP contribution in [-0.2, 0) is 0 Å². The third-order valence-corrected chi connectivity index (χ3v) is 4.38. The summed E-state index contributed by atoms with van der Waals surface area (Å²) < 4.78 is 0. The second kappa shape index (κ2) is 10.3. The highest BCUT2D eigenvalue weighted by Gasteiger charge is 2.16. The molecule has 0 bridgehead atoms. The zero-order valence-electron chi connectivity index (χ0n) is 12.6. The number of nitrogens with one attached hydrogen (secondary N) is 3. The molecule has 0 saturated heterocycles. The van der Waals surface area contributed by atoms with Crippen molar-refractivity contribution in [2.75, 3.05) is 13.1 Å². The van der Waals surface area contributed by atoms with E-state index < -0.39 is 8.40 Å². The molecule has 0 heterocycles. The monoisotopic (exact) mass is 247 g/mol. The van der Waals surface area contributed by atoms with Gasteiger partial charge in [0.15, 0.2) is 8.40 Å². The van der Waals surface area contributed by atoms with Crippen molar-refractivity contribution in [3.63, 3.8) is 0 Å². The van der Waals surface area contributed by atoms with E-state index in [1.165, 1.54) is 0 Å². The van der Waals surface area contributed by atoms with Gasteiger partial charge in [-0.1, -0.05) is 41.5 Å². The predicted molar refractivity (Wildman–Crippen MR) is 78.2 cm³/mol. The topological polar surface area (TPSA) is 36.1 Å².